The van der Waals surface area contributed by atoms with Crippen molar-refractivity contribution in [1.29, 1.82) is 0 Å². The molecule has 0 fully saturated rings. The third kappa shape index (κ3) is 2.74. The minimum atomic E-state index is 0.822. The van der Waals surface area contributed by atoms with Gasteiger partial charge in [0.2, 0.25) is 0 Å². The van der Waals surface area contributed by atoms with E-state index in [9.17, 15) is 0 Å². The third-order valence-corrected chi connectivity index (χ3v) is 1.89. The van der Waals surface area contributed by atoms with Crippen LogP contribution in [-0.2, 0) is 0 Å². The molecule has 13 heavy (non-hydrogen) atoms. The Hall–Kier alpha value is -1.02. The van der Waals surface area contributed by atoms with Crippen molar-refractivity contribution < 1.29 is 4.74 Å². The van der Waals surface area contributed by atoms with Gasteiger partial charge in [0.25, 0.3) is 0 Å². The Morgan fingerprint density at radius 2 is 2.23 bits per heavy atom. The van der Waals surface area contributed by atoms with E-state index < -0.39 is 0 Å². The van der Waals surface area contributed by atoms with Crippen LogP contribution in [0.5, 0.6) is 5.75 Å². The van der Waals surface area contributed by atoms with Crippen molar-refractivity contribution in [2.24, 2.45) is 0 Å². The average Bonchev–Trinajstić information content (AvgIpc) is 2.08. The molecule has 0 aromatic heterocycles. The quantitative estimate of drug-likeness (QED) is 0.764. The second kappa shape index (κ2) is 4.28. The zero-order valence-electron chi connectivity index (χ0n) is 7.51. The summed E-state index contributed by atoms with van der Waals surface area (Å²) < 4.78 is 5.90. The van der Waals surface area contributed by atoms with Crippen molar-refractivity contribution in [3.63, 3.8) is 0 Å². The van der Waals surface area contributed by atoms with E-state index in [2.05, 4.69) is 29.1 Å². The van der Waals surface area contributed by atoms with Crippen LogP contribution in [0.25, 0.3) is 12.7 Å². The molecule has 0 N–H and O–H groups in total. The summed E-state index contributed by atoms with van der Waals surface area (Å²) in [4.78, 5) is 0. The smallest absolute Gasteiger partial charge is 0.119 e. The molecule has 0 amide bonds. The predicted octanol–water partition coefficient (Wildman–Crippen LogP) is 1.79. The standard InChI is InChI=1S/C11H11BrO/c1-8-6-11(13-3)5-4-10(8)7-9(2)12/h4-7H,1-2H2,3H3/b10-7-. The molecule has 0 aliphatic heterocycles. The number of methoxy groups -OCH3 is 1. The van der Waals surface area contributed by atoms with E-state index in [-0.39, 0.29) is 0 Å². The van der Waals surface area contributed by atoms with Gasteiger partial charge in [0, 0.05) is 4.48 Å². The lowest BCUT2D eigenvalue weighted by molar-refractivity contribution is 0.414. The lowest BCUT2D eigenvalue weighted by Crippen LogP contribution is -2.22. The summed E-state index contributed by atoms with van der Waals surface area (Å²) in [6.07, 6.45) is 1.92. The highest BCUT2D eigenvalue weighted by atomic mass is 79.9. The van der Waals surface area contributed by atoms with E-state index >= 15 is 0 Å². The molecule has 1 aromatic carbocycles. The number of hydrogen-bond acceptors (Lipinski definition) is 1. The van der Waals surface area contributed by atoms with Crippen LogP contribution in [0.15, 0.2) is 29.3 Å². The third-order valence-electron chi connectivity index (χ3n) is 1.66. The van der Waals surface area contributed by atoms with Gasteiger partial charge in [0.05, 0.1) is 7.11 Å². The van der Waals surface area contributed by atoms with Gasteiger partial charge in [-0.3, -0.25) is 0 Å². The minimum absolute atomic E-state index is 0.822. The first-order chi connectivity index (χ1) is 6.13. The Bertz CT molecular complexity index is 420. The van der Waals surface area contributed by atoms with E-state index in [0.717, 1.165) is 20.7 Å². The Morgan fingerprint density at radius 1 is 1.54 bits per heavy atom. The van der Waals surface area contributed by atoms with Gasteiger partial charge >= 0.3 is 0 Å². The molecule has 0 saturated heterocycles. The van der Waals surface area contributed by atoms with E-state index in [1.165, 1.54) is 0 Å². The molecule has 0 unspecified atom stereocenters. The van der Waals surface area contributed by atoms with Crippen LogP contribution in [0, 0.1) is 0 Å². The van der Waals surface area contributed by atoms with Crippen LogP contribution >= 0.6 is 15.9 Å². The number of ether oxygens (including phenoxy) is 1. The number of rotatable bonds is 2. The van der Waals surface area contributed by atoms with Crippen LogP contribution in [0.4, 0.5) is 0 Å². The molecule has 0 saturated carbocycles. The largest absolute Gasteiger partial charge is 0.497 e. The average molecular weight is 239 g/mol. The molecule has 1 rings (SSSR count). The maximum absolute atomic E-state index is 5.07. The topological polar surface area (TPSA) is 9.23 Å². The second-order valence-electron chi connectivity index (χ2n) is 2.66. The molecule has 2 heteroatoms. The first-order valence-corrected chi connectivity index (χ1v) is 4.62. The fourth-order valence-corrected chi connectivity index (χ4v) is 1.27. The van der Waals surface area contributed by atoms with E-state index in [1.54, 1.807) is 7.11 Å². The van der Waals surface area contributed by atoms with Crippen molar-refractivity contribution >= 4 is 28.6 Å². The molecular weight excluding hydrogens is 228 g/mol. The highest BCUT2D eigenvalue weighted by Crippen LogP contribution is 2.03. The van der Waals surface area contributed by atoms with Gasteiger partial charge < -0.3 is 4.74 Å². The van der Waals surface area contributed by atoms with E-state index in [0.29, 0.717) is 0 Å². The highest BCUT2D eigenvalue weighted by Gasteiger charge is 1.89. The summed E-state index contributed by atoms with van der Waals surface area (Å²) in [6, 6.07) is 5.74. The number of hydrogen-bond donors (Lipinski definition) is 0. The van der Waals surface area contributed by atoms with Crippen LogP contribution < -0.4 is 15.2 Å². The van der Waals surface area contributed by atoms with E-state index in [4.69, 9.17) is 4.74 Å². The Balaban J connectivity index is 3.29. The Labute approximate surface area is 86.2 Å². The second-order valence-corrected chi connectivity index (χ2v) is 3.67. The normalized spacial score (nSPS) is 11.4. The number of allylic oxidation sites excluding steroid dienone is 1. The molecule has 68 valence electrons. The van der Waals surface area contributed by atoms with Crippen LogP contribution in [-0.4, -0.2) is 7.11 Å². The fraction of sp³-hybridized carbons (Fsp3) is 0.0909. The summed E-state index contributed by atoms with van der Waals surface area (Å²) in [5, 5.41) is 1.97. The zero-order chi connectivity index (χ0) is 9.84. The van der Waals surface area contributed by atoms with Crippen molar-refractivity contribution in [3.8, 4) is 5.75 Å². The van der Waals surface area contributed by atoms with Crippen molar-refractivity contribution in [1.82, 2.24) is 0 Å². The Kier molecular flexibility index (Phi) is 3.32. The van der Waals surface area contributed by atoms with Gasteiger partial charge in [-0.15, -0.1) is 0 Å². The van der Waals surface area contributed by atoms with Crippen LogP contribution in [0.2, 0.25) is 0 Å². The lowest BCUT2D eigenvalue weighted by Gasteiger charge is -1.97. The van der Waals surface area contributed by atoms with Gasteiger partial charge in [-0.2, -0.15) is 0 Å². The molecule has 0 spiro atoms. The molecule has 0 bridgehead atoms. The van der Waals surface area contributed by atoms with Gasteiger partial charge in [-0.1, -0.05) is 35.2 Å². The summed E-state index contributed by atoms with van der Waals surface area (Å²) in [5.41, 5.74) is 0. The lowest BCUT2D eigenvalue weighted by atomic mass is 10.2. The fourth-order valence-electron chi connectivity index (χ4n) is 1.02. The molecule has 0 aliphatic rings. The summed E-state index contributed by atoms with van der Waals surface area (Å²) in [6.45, 7) is 7.65. The first kappa shape index (κ1) is 10.1. The summed E-state index contributed by atoms with van der Waals surface area (Å²) in [5.74, 6) is 0.822. The van der Waals surface area contributed by atoms with Crippen molar-refractivity contribution in [2.45, 2.75) is 0 Å². The zero-order valence-corrected chi connectivity index (χ0v) is 9.10. The van der Waals surface area contributed by atoms with Crippen LogP contribution in [0.1, 0.15) is 0 Å². The molecule has 0 radical (unpaired) electrons. The van der Waals surface area contributed by atoms with Gasteiger partial charge in [-0.25, -0.2) is 0 Å². The molecule has 1 nitrogen and oxygen atoms in total. The first-order valence-electron chi connectivity index (χ1n) is 3.82. The maximum Gasteiger partial charge on any atom is 0.119 e. The molecule has 0 aliphatic carbocycles. The SMILES string of the molecule is C=C(Br)/C=c1/ccc(OC)cc1=C. The monoisotopic (exact) mass is 238 g/mol. The summed E-state index contributed by atoms with van der Waals surface area (Å²) >= 11 is 3.27. The number of halogens is 1. The van der Waals surface area contributed by atoms with Gasteiger partial charge in [-0.05, 0) is 28.6 Å². The van der Waals surface area contributed by atoms with Crippen molar-refractivity contribution in [3.05, 3.63) is 39.7 Å². The minimum Gasteiger partial charge on any atom is -0.497 e. The maximum atomic E-state index is 5.07. The summed E-state index contributed by atoms with van der Waals surface area (Å²) in [7, 11) is 1.64. The van der Waals surface area contributed by atoms with Gasteiger partial charge in [0.15, 0.2) is 0 Å². The van der Waals surface area contributed by atoms with Crippen molar-refractivity contribution in [2.75, 3.05) is 7.11 Å². The molecule has 0 heterocycles. The molecular formula is C11H11BrO. The van der Waals surface area contributed by atoms with Crippen LogP contribution in [0.3, 0.4) is 0 Å². The predicted molar refractivity (Wildman–Crippen MR) is 60.3 cm³/mol. The Morgan fingerprint density at radius 3 is 2.69 bits per heavy atom. The molecule has 0 atom stereocenters. The highest BCUT2D eigenvalue weighted by molar-refractivity contribution is 9.12. The van der Waals surface area contributed by atoms with E-state index in [1.807, 2.05) is 24.3 Å². The number of benzene rings is 1. The molecule has 1 aromatic rings. The van der Waals surface area contributed by atoms with Gasteiger partial charge in [0.1, 0.15) is 5.75 Å².